The molecular weight excluding hydrogens is 202 g/mol. The smallest absolute Gasteiger partial charge is 0.133 e. The summed E-state index contributed by atoms with van der Waals surface area (Å²) in [6.07, 6.45) is 1.21. The Hall–Kier alpha value is -0.290. The maximum absolute atomic E-state index is 4.08. The largest absolute Gasteiger partial charge is 0.377 e. The molecule has 1 aromatic heterocycles. The van der Waals surface area contributed by atoms with Crippen molar-refractivity contribution >= 4 is 28.3 Å². The number of nitrogens with one attached hydrogen (secondary N) is 1. The van der Waals surface area contributed by atoms with Gasteiger partial charge in [-0.1, -0.05) is 18.3 Å². The average Bonchev–Trinajstić information content (AvgIpc) is 2.61. The summed E-state index contributed by atoms with van der Waals surface area (Å²) in [5.74, 6) is 0.960. The van der Waals surface area contributed by atoms with Crippen molar-refractivity contribution in [2.45, 2.75) is 31.3 Å². The fourth-order valence-electron chi connectivity index (χ4n) is 0.832. The van der Waals surface area contributed by atoms with Gasteiger partial charge in [-0.15, -0.1) is 5.10 Å². The van der Waals surface area contributed by atoms with E-state index in [1.165, 1.54) is 18.0 Å². The molecule has 0 fully saturated rings. The van der Waals surface area contributed by atoms with Crippen molar-refractivity contribution in [2.24, 2.45) is 0 Å². The quantitative estimate of drug-likeness (QED) is 0.822. The topological polar surface area (TPSA) is 37.8 Å². The lowest BCUT2D eigenvalue weighted by Gasteiger charge is -2.06. The Bertz CT molecular complexity index is 249. The van der Waals surface area contributed by atoms with Crippen molar-refractivity contribution in [1.82, 2.24) is 9.59 Å². The summed E-state index contributed by atoms with van der Waals surface area (Å²) in [5.41, 5.74) is 1.08. The molecule has 0 aromatic carbocycles. The molecule has 0 radical (unpaired) electrons. The Morgan fingerprint density at radius 3 is 3.00 bits per heavy atom. The van der Waals surface area contributed by atoms with Gasteiger partial charge in [0.2, 0.25) is 0 Å². The second-order valence-corrected chi connectivity index (χ2v) is 5.01. The van der Waals surface area contributed by atoms with Crippen molar-refractivity contribution < 1.29 is 0 Å². The Balaban J connectivity index is 2.44. The number of rotatable bonds is 5. The number of thioether (sulfide) groups is 1. The van der Waals surface area contributed by atoms with E-state index < -0.39 is 0 Å². The molecule has 0 aliphatic rings. The molecule has 0 saturated heterocycles. The molecule has 0 aliphatic carbocycles. The van der Waals surface area contributed by atoms with E-state index in [1.54, 1.807) is 0 Å². The Kier molecular flexibility index (Phi) is 4.52. The first-order valence-electron chi connectivity index (χ1n) is 4.38. The van der Waals surface area contributed by atoms with Crippen LogP contribution >= 0.6 is 23.3 Å². The van der Waals surface area contributed by atoms with Gasteiger partial charge in [0.1, 0.15) is 10.7 Å². The summed E-state index contributed by atoms with van der Waals surface area (Å²) in [6, 6.07) is 0. The van der Waals surface area contributed by atoms with Gasteiger partial charge >= 0.3 is 0 Å². The van der Waals surface area contributed by atoms with Gasteiger partial charge in [0.15, 0.2) is 0 Å². The van der Waals surface area contributed by atoms with Gasteiger partial charge < -0.3 is 5.32 Å². The van der Waals surface area contributed by atoms with E-state index in [-0.39, 0.29) is 0 Å². The molecule has 1 N–H and O–H groups in total. The first-order chi connectivity index (χ1) is 6.27. The maximum atomic E-state index is 4.08. The van der Waals surface area contributed by atoms with E-state index in [0.29, 0.717) is 5.25 Å². The van der Waals surface area contributed by atoms with Crippen molar-refractivity contribution in [3.63, 3.8) is 0 Å². The minimum absolute atomic E-state index is 0.700. The third-order valence-electron chi connectivity index (χ3n) is 1.86. The number of hydrogen-bond donors (Lipinski definition) is 1. The molecule has 1 rings (SSSR count). The highest BCUT2D eigenvalue weighted by Gasteiger charge is 2.07. The molecule has 1 atom stereocenters. The average molecular weight is 217 g/mol. The number of hydrogen-bond acceptors (Lipinski definition) is 5. The van der Waals surface area contributed by atoms with Gasteiger partial charge in [0.25, 0.3) is 0 Å². The Morgan fingerprint density at radius 2 is 2.38 bits per heavy atom. The van der Waals surface area contributed by atoms with Crippen molar-refractivity contribution in [3.05, 3.63) is 5.69 Å². The molecule has 1 unspecified atom stereocenters. The van der Waals surface area contributed by atoms with Crippen molar-refractivity contribution in [1.29, 1.82) is 0 Å². The zero-order valence-electron chi connectivity index (χ0n) is 8.20. The van der Waals surface area contributed by atoms with Gasteiger partial charge in [0.05, 0.1) is 0 Å². The molecule has 3 nitrogen and oxygen atoms in total. The van der Waals surface area contributed by atoms with Crippen LogP contribution < -0.4 is 5.32 Å². The summed E-state index contributed by atoms with van der Waals surface area (Å²) in [5, 5.41) is 8.97. The van der Waals surface area contributed by atoms with E-state index in [9.17, 15) is 0 Å². The third-order valence-corrected chi connectivity index (χ3v) is 3.99. The SMILES string of the molecule is CCC(C)SCc1nnsc1NC. The minimum atomic E-state index is 0.700. The van der Waals surface area contributed by atoms with Crippen molar-refractivity contribution in [2.75, 3.05) is 12.4 Å². The first-order valence-corrected chi connectivity index (χ1v) is 6.20. The lowest BCUT2D eigenvalue weighted by atomic mass is 10.4. The fourth-order valence-corrected chi connectivity index (χ4v) is 2.33. The number of nitrogens with zero attached hydrogens (tertiary/aromatic N) is 2. The Labute approximate surface area is 87.5 Å². The van der Waals surface area contributed by atoms with Gasteiger partial charge in [-0.2, -0.15) is 11.8 Å². The maximum Gasteiger partial charge on any atom is 0.133 e. The predicted molar refractivity (Wildman–Crippen MR) is 60.5 cm³/mol. The van der Waals surface area contributed by atoms with Gasteiger partial charge in [-0.25, -0.2) is 0 Å². The van der Waals surface area contributed by atoms with Gasteiger partial charge in [-0.3, -0.25) is 0 Å². The molecule has 0 spiro atoms. The number of anilines is 1. The van der Waals surface area contributed by atoms with Crippen LogP contribution in [0.5, 0.6) is 0 Å². The summed E-state index contributed by atoms with van der Waals surface area (Å²) >= 11 is 3.35. The van der Waals surface area contributed by atoms with E-state index in [1.807, 2.05) is 18.8 Å². The molecule has 0 aliphatic heterocycles. The first kappa shape index (κ1) is 10.8. The highest BCUT2D eigenvalue weighted by Crippen LogP contribution is 2.24. The molecule has 13 heavy (non-hydrogen) atoms. The fraction of sp³-hybridized carbons (Fsp3) is 0.750. The summed E-state index contributed by atoms with van der Waals surface area (Å²) in [6.45, 7) is 4.44. The van der Waals surface area contributed by atoms with Gasteiger partial charge in [0, 0.05) is 29.6 Å². The van der Waals surface area contributed by atoms with E-state index in [0.717, 1.165) is 16.4 Å². The highest BCUT2D eigenvalue weighted by atomic mass is 32.2. The molecular formula is C8H15N3S2. The van der Waals surface area contributed by atoms with Crippen LogP contribution in [-0.4, -0.2) is 21.9 Å². The standard InChI is InChI=1S/C8H15N3S2/c1-4-6(2)12-5-7-8(9-3)13-11-10-7/h6,9H,4-5H2,1-3H3. The molecule has 1 heterocycles. The minimum Gasteiger partial charge on any atom is -0.377 e. The molecule has 1 aromatic rings. The summed E-state index contributed by atoms with van der Waals surface area (Å²) in [7, 11) is 1.91. The third kappa shape index (κ3) is 3.15. The van der Waals surface area contributed by atoms with Crippen LogP contribution in [0.4, 0.5) is 5.00 Å². The molecule has 0 amide bonds. The van der Waals surface area contributed by atoms with Crippen molar-refractivity contribution in [3.8, 4) is 0 Å². The molecule has 0 bridgehead atoms. The summed E-state index contributed by atoms with van der Waals surface area (Å²) < 4.78 is 3.91. The second kappa shape index (κ2) is 5.44. The lowest BCUT2D eigenvalue weighted by molar-refractivity contribution is 0.903. The van der Waals surface area contributed by atoms with E-state index in [2.05, 4.69) is 28.8 Å². The second-order valence-electron chi connectivity index (χ2n) is 2.83. The van der Waals surface area contributed by atoms with Gasteiger partial charge in [-0.05, 0) is 6.42 Å². The van der Waals surface area contributed by atoms with Crippen LogP contribution in [0.2, 0.25) is 0 Å². The number of aromatic nitrogens is 2. The van der Waals surface area contributed by atoms with Crippen LogP contribution in [0.25, 0.3) is 0 Å². The van der Waals surface area contributed by atoms with Crippen LogP contribution in [0.1, 0.15) is 26.0 Å². The van der Waals surface area contributed by atoms with E-state index in [4.69, 9.17) is 0 Å². The molecule has 5 heteroatoms. The van der Waals surface area contributed by atoms with E-state index >= 15 is 0 Å². The predicted octanol–water partition coefficient (Wildman–Crippen LogP) is 2.61. The Morgan fingerprint density at radius 1 is 1.62 bits per heavy atom. The highest BCUT2D eigenvalue weighted by molar-refractivity contribution is 7.99. The molecule has 0 saturated carbocycles. The van der Waals surface area contributed by atoms with Crippen LogP contribution in [0, 0.1) is 0 Å². The monoisotopic (exact) mass is 217 g/mol. The van der Waals surface area contributed by atoms with Crippen LogP contribution in [-0.2, 0) is 5.75 Å². The zero-order valence-corrected chi connectivity index (χ0v) is 9.84. The normalized spacial score (nSPS) is 12.8. The molecule has 74 valence electrons. The van der Waals surface area contributed by atoms with Crippen LogP contribution in [0.15, 0.2) is 0 Å². The summed E-state index contributed by atoms with van der Waals surface area (Å²) in [4.78, 5) is 0. The zero-order chi connectivity index (χ0) is 9.68. The lowest BCUT2D eigenvalue weighted by Crippen LogP contribution is -1.96. The van der Waals surface area contributed by atoms with Crippen LogP contribution in [0.3, 0.4) is 0 Å².